The summed E-state index contributed by atoms with van der Waals surface area (Å²) in [6.07, 6.45) is 4.60. The van der Waals surface area contributed by atoms with Crippen LogP contribution in [0.2, 0.25) is 0 Å². The average Bonchev–Trinajstić information content (AvgIpc) is 2.50. The zero-order valence-corrected chi connectivity index (χ0v) is 13.9. The van der Waals surface area contributed by atoms with E-state index in [1.807, 2.05) is 24.3 Å². The molecule has 1 aromatic rings. The molecule has 1 saturated carbocycles. The van der Waals surface area contributed by atoms with Gasteiger partial charge in [0.05, 0.1) is 12.5 Å². The smallest absolute Gasteiger partial charge is 0.237 e. The van der Waals surface area contributed by atoms with Crippen LogP contribution in [0.5, 0.6) is 0 Å². The highest BCUT2D eigenvalue weighted by Gasteiger charge is 2.36. The van der Waals surface area contributed by atoms with Crippen molar-refractivity contribution in [3.63, 3.8) is 0 Å². The summed E-state index contributed by atoms with van der Waals surface area (Å²) in [5, 5.41) is 9.24. The molecule has 1 aromatic carbocycles. The van der Waals surface area contributed by atoms with Crippen LogP contribution < -0.4 is 16.0 Å². The quantitative estimate of drug-likeness (QED) is 0.768. The summed E-state index contributed by atoms with van der Waals surface area (Å²) >= 11 is 3.36. The first-order chi connectivity index (χ1) is 10.6. The minimum absolute atomic E-state index is 0.0610. The third-order valence-corrected chi connectivity index (χ3v) is 4.87. The first kappa shape index (κ1) is 15.5. The van der Waals surface area contributed by atoms with Crippen molar-refractivity contribution < 1.29 is 9.59 Å². The maximum absolute atomic E-state index is 12.1. The normalized spacial score (nSPS) is 27.7. The molecule has 0 spiro atoms. The Bertz CT molecular complexity index is 561. The highest BCUT2D eigenvalue weighted by atomic mass is 79.9. The molecule has 5 nitrogen and oxygen atoms in total. The van der Waals surface area contributed by atoms with E-state index in [0.29, 0.717) is 6.04 Å². The van der Waals surface area contributed by atoms with E-state index in [1.54, 1.807) is 0 Å². The van der Waals surface area contributed by atoms with E-state index in [0.717, 1.165) is 29.4 Å². The summed E-state index contributed by atoms with van der Waals surface area (Å²) in [6.45, 7) is 0. The Labute approximate surface area is 138 Å². The fraction of sp³-hybridized carbons (Fsp3) is 0.500. The van der Waals surface area contributed by atoms with Crippen molar-refractivity contribution in [3.05, 3.63) is 28.7 Å². The lowest BCUT2D eigenvalue weighted by Gasteiger charge is -2.40. The second kappa shape index (κ2) is 6.79. The molecule has 1 saturated heterocycles. The van der Waals surface area contributed by atoms with Crippen molar-refractivity contribution >= 4 is 33.4 Å². The van der Waals surface area contributed by atoms with Crippen molar-refractivity contribution in [2.24, 2.45) is 0 Å². The Hall–Kier alpha value is -1.40. The number of amides is 2. The van der Waals surface area contributed by atoms with E-state index in [4.69, 9.17) is 0 Å². The van der Waals surface area contributed by atoms with Gasteiger partial charge in [-0.05, 0) is 37.1 Å². The molecule has 3 rings (SSSR count). The van der Waals surface area contributed by atoms with Crippen LogP contribution in [-0.2, 0) is 9.59 Å². The van der Waals surface area contributed by atoms with E-state index < -0.39 is 6.04 Å². The van der Waals surface area contributed by atoms with Gasteiger partial charge in [0, 0.05) is 22.2 Å². The molecule has 2 aliphatic rings. The molecule has 1 aliphatic heterocycles. The summed E-state index contributed by atoms with van der Waals surface area (Å²) in [5.41, 5.74) is 0.736. The monoisotopic (exact) mass is 365 g/mol. The molecule has 0 bridgehead atoms. The molecule has 2 fully saturated rings. The van der Waals surface area contributed by atoms with Crippen molar-refractivity contribution in [1.82, 2.24) is 10.6 Å². The molecule has 1 aliphatic carbocycles. The van der Waals surface area contributed by atoms with Crippen molar-refractivity contribution in [3.8, 4) is 0 Å². The van der Waals surface area contributed by atoms with Gasteiger partial charge in [-0.1, -0.05) is 28.8 Å². The van der Waals surface area contributed by atoms with Crippen LogP contribution in [0.1, 0.15) is 32.1 Å². The fourth-order valence-corrected chi connectivity index (χ4v) is 3.47. The first-order valence-electron chi connectivity index (χ1n) is 7.73. The number of piperazine rings is 1. The molecule has 0 aromatic heterocycles. The number of carbonyl (C=O) groups excluding carboxylic acids is 2. The molecule has 0 unspecified atom stereocenters. The summed E-state index contributed by atoms with van der Waals surface area (Å²) in [4.78, 5) is 24.3. The van der Waals surface area contributed by atoms with Gasteiger partial charge in [0.25, 0.3) is 0 Å². The Morgan fingerprint density at radius 1 is 1.18 bits per heavy atom. The van der Waals surface area contributed by atoms with Gasteiger partial charge < -0.3 is 16.0 Å². The van der Waals surface area contributed by atoms with Crippen molar-refractivity contribution in [2.45, 2.75) is 50.2 Å². The van der Waals surface area contributed by atoms with Gasteiger partial charge >= 0.3 is 0 Å². The molecular weight excluding hydrogens is 346 g/mol. The van der Waals surface area contributed by atoms with Crippen LogP contribution >= 0.6 is 15.9 Å². The second-order valence-electron chi connectivity index (χ2n) is 5.98. The highest BCUT2D eigenvalue weighted by molar-refractivity contribution is 9.10. The number of hydrogen-bond acceptors (Lipinski definition) is 3. The van der Waals surface area contributed by atoms with Crippen LogP contribution in [-0.4, -0.2) is 29.9 Å². The van der Waals surface area contributed by atoms with Gasteiger partial charge in [0.1, 0.15) is 0 Å². The molecule has 1 heterocycles. The SMILES string of the molecule is O=C(C[C@@H]1N[C@H]2CCCC[C@@H]2NC1=O)Nc1ccc(Br)cc1. The van der Waals surface area contributed by atoms with Crippen LogP contribution in [0.25, 0.3) is 0 Å². The number of fused-ring (bicyclic) bond motifs is 1. The standard InChI is InChI=1S/C16H20BrN3O2/c17-10-5-7-11(8-6-10)18-15(21)9-14-16(22)20-13-4-2-1-3-12(13)19-14/h5-8,12-14,19H,1-4,9H2,(H,18,21)(H,20,22)/t12-,13-,14-/m0/s1. The topological polar surface area (TPSA) is 70.2 Å². The largest absolute Gasteiger partial charge is 0.350 e. The third kappa shape index (κ3) is 3.67. The first-order valence-corrected chi connectivity index (χ1v) is 8.53. The maximum atomic E-state index is 12.1. The number of carbonyl (C=O) groups is 2. The predicted octanol–water partition coefficient (Wildman–Crippen LogP) is 2.18. The van der Waals surface area contributed by atoms with Crippen LogP contribution in [0.4, 0.5) is 5.69 Å². The number of nitrogens with one attached hydrogen (secondary N) is 3. The van der Waals surface area contributed by atoms with Crippen molar-refractivity contribution in [2.75, 3.05) is 5.32 Å². The average molecular weight is 366 g/mol. The zero-order valence-electron chi connectivity index (χ0n) is 12.3. The van der Waals surface area contributed by atoms with Crippen LogP contribution in [0.15, 0.2) is 28.7 Å². The molecule has 2 amide bonds. The van der Waals surface area contributed by atoms with Crippen LogP contribution in [0.3, 0.4) is 0 Å². The number of halogens is 1. The Kier molecular flexibility index (Phi) is 4.78. The molecule has 3 atom stereocenters. The Balaban J connectivity index is 1.56. The third-order valence-electron chi connectivity index (χ3n) is 4.34. The summed E-state index contributed by atoms with van der Waals surface area (Å²) in [6, 6.07) is 7.49. The minimum Gasteiger partial charge on any atom is -0.350 e. The summed E-state index contributed by atoms with van der Waals surface area (Å²) in [5.74, 6) is -0.210. The van der Waals surface area contributed by atoms with E-state index in [2.05, 4.69) is 31.9 Å². The molecule has 0 radical (unpaired) electrons. The highest BCUT2D eigenvalue weighted by Crippen LogP contribution is 2.22. The second-order valence-corrected chi connectivity index (χ2v) is 6.90. The maximum Gasteiger partial charge on any atom is 0.237 e. The lowest BCUT2D eigenvalue weighted by atomic mass is 9.87. The van der Waals surface area contributed by atoms with Gasteiger partial charge in [-0.2, -0.15) is 0 Å². The van der Waals surface area contributed by atoms with E-state index >= 15 is 0 Å². The lowest BCUT2D eigenvalue weighted by molar-refractivity contribution is -0.129. The van der Waals surface area contributed by atoms with Gasteiger partial charge in [0.2, 0.25) is 11.8 Å². The van der Waals surface area contributed by atoms with Gasteiger partial charge in [-0.15, -0.1) is 0 Å². The van der Waals surface area contributed by atoms with Gasteiger partial charge in [0.15, 0.2) is 0 Å². The van der Waals surface area contributed by atoms with Gasteiger partial charge in [-0.25, -0.2) is 0 Å². The number of rotatable bonds is 3. The molecule has 3 N–H and O–H groups in total. The molecule has 118 valence electrons. The zero-order chi connectivity index (χ0) is 15.5. The van der Waals surface area contributed by atoms with Crippen molar-refractivity contribution in [1.29, 1.82) is 0 Å². The Morgan fingerprint density at radius 2 is 1.86 bits per heavy atom. The fourth-order valence-electron chi connectivity index (χ4n) is 3.20. The van der Waals surface area contributed by atoms with E-state index in [1.165, 1.54) is 6.42 Å². The number of anilines is 1. The number of benzene rings is 1. The predicted molar refractivity (Wildman–Crippen MR) is 88.5 cm³/mol. The van der Waals surface area contributed by atoms with Gasteiger partial charge in [-0.3, -0.25) is 9.59 Å². The van der Waals surface area contributed by atoms with E-state index in [-0.39, 0.29) is 24.3 Å². The minimum atomic E-state index is -0.435. The summed E-state index contributed by atoms with van der Waals surface area (Å²) in [7, 11) is 0. The van der Waals surface area contributed by atoms with E-state index in [9.17, 15) is 9.59 Å². The number of hydrogen-bond donors (Lipinski definition) is 3. The molecule has 22 heavy (non-hydrogen) atoms. The van der Waals surface area contributed by atoms with Crippen LogP contribution in [0, 0.1) is 0 Å². The lowest BCUT2D eigenvalue weighted by Crippen LogP contribution is -2.65. The molecular formula is C16H20BrN3O2. The Morgan fingerprint density at radius 3 is 2.59 bits per heavy atom. The molecule has 6 heteroatoms. The summed E-state index contributed by atoms with van der Waals surface area (Å²) < 4.78 is 0.960.